The summed E-state index contributed by atoms with van der Waals surface area (Å²) in [5, 5.41) is 8.44. The van der Waals surface area contributed by atoms with Gasteiger partial charge in [0.15, 0.2) is 0 Å². The minimum absolute atomic E-state index is 0. The monoisotopic (exact) mass is 360 g/mol. The fraction of sp³-hybridized carbons (Fsp3) is 1.00. The summed E-state index contributed by atoms with van der Waals surface area (Å²) in [6.07, 6.45) is 10.6. The molecule has 2 atom stereocenters. The molecule has 0 aliphatic rings. The van der Waals surface area contributed by atoms with Gasteiger partial charge in [0.2, 0.25) is 0 Å². The Morgan fingerprint density at radius 3 is 1.73 bits per heavy atom. The van der Waals surface area contributed by atoms with E-state index < -0.39 is 15.4 Å². The van der Waals surface area contributed by atoms with Gasteiger partial charge < -0.3 is 9.66 Å². The van der Waals surface area contributed by atoms with Crippen molar-refractivity contribution in [3.63, 3.8) is 0 Å². The molecule has 4 nitrogen and oxygen atoms in total. The fourth-order valence-electron chi connectivity index (χ4n) is 2.57. The van der Waals surface area contributed by atoms with E-state index in [4.69, 9.17) is 5.11 Å². The third-order valence-corrected chi connectivity index (χ3v) is 5.22. The summed E-state index contributed by atoms with van der Waals surface area (Å²) in [6, 6.07) is 0. The van der Waals surface area contributed by atoms with Gasteiger partial charge in [0.1, 0.15) is 0 Å². The quantitative estimate of drug-likeness (QED) is 0.285. The van der Waals surface area contributed by atoms with Crippen LogP contribution in [0.5, 0.6) is 0 Å². The molecule has 0 saturated heterocycles. The first kappa shape index (κ1) is 25.7. The molecule has 1 N–H and O–H groups in total. The summed E-state index contributed by atoms with van der Waals surface area (Å²) in [4.78, 5) is 0. The SMILES string of the molecule is CCCCCCCCC(CCCCCC(C)O)S(=O)(=O)[O-].[K+]. The van der Waals surface area contributed by atoms with Crippen molar-refractivity contribution in [3.8, 4) is 0 Å². The van der Waals surface area contributed by atoms with Gasteiger partial charge in [-0.2, -0.15) is 0 Å². The Morgan fingerprint density at radius 1 is 0.864 bits per heavy atom. The van der Waals surface area contributed by atoms with Crippen molar-refractivity contribution >= 4 is 10.1 Å². The summed E-state index contributed by atoms with van der Waals surface area (Å²) in [5.41, 5.74) is 0. The van der Waals surface area contributed by atoms with Crippen LogP contribution < -0.4 is 51.4 Å². The van der Waals surface area contributed by atoms with Crippen LogP contribution in [0.15, 0.2) is 0 Å². The Balaban J connectivity index is 0. The van der Waals surface area contributed by atoms with Crippen LogP contribution in [0.4, 0.5) is 0 Å². The molecule has 0 aromatic rings. The molecule has 0 bridgehead atoms. The van der Waals surface area contributed by atoms with E-state index in [1.807, 2.05) is 0 Å². The van der Waals surface area contributed by atoms with Crippen molar-refractivity contribution in [1.29, 1.82) is 0 Å². The predicted octanol–water partition coefficient (Wildman–Crippen LogP) is 0.986. The van der Waals surface area contributed by atoms with Gasteiger partial charge >= 0.3 is 51.4 Å². The molecule has 0 spiro atoms. The van der Waals surface area contributed by atoms with Crippen LogP contribution in [-0.4, -0.2) is 29.4 Å². The van der Waals surface area contributed by atoms with E-state index in [9.17, 15) is 13.0 Å². The molecular weight excluding hydrogens is 327 g/mol. The molecular formula is C16H33KO4S. The average molecular weight is 361 g/mol. The maximum absolute atomic E-state index is 11.3. The normalized spacial score (nSPS) is 14.4. The number of hydrogen-bond acceptors (Lipinski definition) is 4. The smallest absolute Gasteiger partial charge is 0.748 e. The van der Waals surface area contributed by atoms with Crippen molar-refractivity contribution < 1.29 is 69.5 Å². The molecule has 0 aromatic heterocycles. The Morgan fingerprint density at radius 2 is 1.27 bits per heavy atom. The van der Waals surface area contributed by atoms with Gasteiger partial charge in [-0.3, -0.25) is 0 Å². The van der Waals surface area contributed by atoms with Crippen molar-refractivity contribution in [2.75, 3.05) is 0 Å². The van der Waals surface area contributed by atoms with Gasteiger partial charge in [0.05, 0.1) is 16.2 Å². The van der Waals surface area contributed by atoms with Crippen LogP contribution >= 0.6 is 0 Å². The van der Waals surface area contributed by atoms with Crippen LogP contribution in [0.25, 0.3) is 0 Å². The molecule has 0 saturated carbocycles. The summed E-state index contributed by atoms with van der Waals surface area (Å²) in [5.74, 6) is 0. The van der Waals surface area contributed by atoms with Gasteiger partial charge in [0, 0.05) is 5.25 Å². The number of rotatable bonds is 14. The third-order valence-electron chi connectivity index (χ3n) is 3.94. The Labute approximate surface area is 180 Å². The Kier molecular flexibility index (Phi) is 18.7. The minimum Gasteiger partial charge on any atom is -0.748 e. The van der Waals surface area contributed by atoms with Gasteiger partial charge in [-0.15, -0.1) is 0 Å². The van der Waals surface area contributed by atoms with Gasteiger partial charge in [-0.1, -0.05) is 64.7 Å². The summed E-state index contributed by atoms with van der Waals surface area (Å²) in [6.45, 7) is 3.92. The van der Waals surface area contributed by atoms with E-state index in [1.54, 1.807) is 6.92 Å². The van der Waals surface area contributed by atoms with Crippen LogP contribution in [0.1, 0.15) is 90.9 Å². The van der Waals surface area contributed by atoms with Crippen LogP contribution in [0, 0.1) is 0 Å². The number of hydrogen-bond donors (Lipinski definition) is 1. The average Bonchev–Trinajstić information content (AvgIpc) is 2.38. The molecule has 0 rings (SSSR count). The van der Waals surface area contributed by atoms with Crippen molar-refractivity contribution in [3.05, 3.63) is 0 Å². The molecule has 0 aliphatic heterocycles. The molecule has 0 aromatic carbocycles. The molecule has 128 valence electrons. The third kappa shape index (κ3) is 16.4. The second-order valence-corrected chi connectivity index (χ2v) is 7.81. The largest absolute Gasteiger partial charge is 1.00 e. The fourth-order valence-corrected chi connectivity index (χ4v) is 3.48. The van der Waals surface area contributed by atoms with Gasteiger partial charge in [-0.05, 0) is 26.2 Å². The van der Waals surface area contributed by atoms with Crippen molar-refractivity contribution in [2.24, 2.45) is 0 Å². The second kappa shape index (κ2) is 16.0. The summed E-state index contributed by atoms with van der Waals surface area (Å²) < 4.78 is 33.8. The first-order valence-electron chi connectivity index (χ1n) is 8.50. The molecule has 6 heteroatoms. The minimum atomic E-state index is -4.17. The molecule has 0 amide bonds. The zero-order chi connectivity index (χ0) is 16.1. The maximum Gasteiger partial charge on any atom is 1.00 e. The van der Waals surface area contributed by atoms with Crippen molar-refractivity contribution in [1.82, 2.24) is 0 Å². The van der Waals surface area contributed by atoms with E-state index in [0.717, 1.165) is 44.9 Å². The molecule has 0 heterocycles. The van der Waals surface area contributed by atoms with Gasteiger partial charge in [0.25, 0.3) is 0 Å². The number of aliphatic hydroxyl groups excluding tert-OH is 1. The molecule has 2 unspecified atom stereocenters. The topological polar surface area (TPSA) is 77.4 Å². The number of unbranched alkanes of at least 4 members (excludes halogenated alkanes) is 7. The van der Waals surface area contributed by atoms with E-state index in [-0.39, 0.29) is 57.5 Å². The Bertz CT molecular complexity index is 331. The summed E-state index contributed by atoms with van der Waals surface area (Å²) in [7, 11) is -4.17. The van der Waals surface area contributed by atoms with Crippen LogP contribution in [0.3, 0.4) is 0 Å². The molecule has 0 radical (unpaired) electrons. The predicted molar refractivity (Wildman–Crippen MR) is 86.2 cm³/mol. The van der Waals surface area contributed by atoms with Gasteiger partial charge in [-0.25, -0.2) is 8.42 Å². The van der Waals surface area contributed by atoms with Crippen LogP contribution in [-0.2, 0) is 10.1 Å². The zero-order valence-electron chi connectivity index (χ0n) is 14.7. The zero-order valence-corrected chi connectivity index (χ0v) is 18.7. The van der Waals surface area contributed by atoms with E-state index in [2.05, 4.69) is 6.92 Å². The Hall–Kier alpha value is 1.51. The molecule has 22 heavy (non-hydrogen) atoms. The van der Waals surface area contributed by atoms with E-state index in [0.29, 0.717) is 12.8 Å². The summed E-state index contributed by atoms with van der Waals surface area (Å²) >= 11 is 0. The second-order valence-electron chi connectivity index (χ2n) is 6.16. The molecule has 0 aliphatic carbocycles. The first-order valence-corrected chi connectivity index (χ1v) is 9.97. The number of aliphatic hydroxyl groups is 1. The first-order chi connectivity index (χ1) is 9.88. The molecule has 0 fully saturated rings. The van der Waals surface area contributed by atoms with Crippen LogP contribution in [0.2, 0.25) is 0 Å². The van der Waals surface area contributed by atoms with E-state index in [1.165, 1.54) is 19.3 Å². The maximum atomic E-state index is 11.3. The van der Waals surface area contributed by atoms with E-state index >= 15 is 0 Å². The van der Waals surface area contributed by atoms with Crippen molar-refractivity contribution in [2.45, 2.75) is 102 Å². The standard InChI is InChI=1S/C16H34O4S.K/c1-3-4-5-6-7-10-13-16(21(18,19)20)14-11-8-9-12-15(2)17;/h15-17H,3-14H2,1-2H3,(H,18,19,20);/q;+1/p-1.